The molecule has 0 radical (unpaired) electrons. The fourth-order valence-electron chi connectivity index (χ4n) is 2.64. The molecule has 7 heteroatoms. The molecule has 0 bridgehead atoms. The number of hydrogen-bond acceptors (Lipinski definition) is 6. The zero-order valence-corrected chi connectivity index (χ0v) is 15.6. The predicted octanol–water partition coefficient (Wildman–Crippen LogP) is 3.90. The molecular formula is C19H22N2O4S. The minimum absolute atomic E-state index is 0.0225. The fraction of sp³-hybridized carbons (Fsp3) is 0.368. The molecule has 2 aromatic rings. The van der Waals surface area contributed by atoms with Gasteiger partial charge in [-0.15, -0.1) is 11.8 Å². The summed E-state index contributed by atoms with van der Waals surface area (Å²) in [4.78, 5) is 17.8. The van der Waals surface area contributed by atoms with Crippen LogP contribution in [0.5, 0.6) is 5.75 Å². The number of aromatic hydroxyl groups is 1. The number of benzene rings is 1. The Kier molecular flexibility index (Phi) is 6.13. The molecular weight excluding hydrogens is 352 g/mol. The van der Waals surface area contributed by atoms with Gasteiger partial charge in [-0.3, -0.25) is 4.79 Å². The van der Waals surface area contributed by atoms with Gasteiger partial charge in [0, 0.05) is 16.7 Å². The molecule has 2 heterocycles. The lowest BCUT2D eigenvalue weighted by atomic mass is 10.2. The Balaban J connectivity index is 1.85. The van der Waals surface area contributed by atoms with Gasteiger partial charge < -0.3 is 19.9 Å². The Bertz CT molecular complexity index is 791. The molecule has 138 valence electrons. The maximum absolute atomic E-state index is 12.7. The minimum atomic E-state index is -0.439. The molecule has 1 amide bonds. The van der Waals surface area contributed by atoms with Crippen molar-refractivity contribution in [3.05, 3.63) is 47.3 Å². The SMILES string of the molecule is CCSc1cc(C2OCCCO2)cnc1C(=O)Nc1cc(C)ccc1O. The summed E-state index contributed by atoms with van der Waals surface area (Å²) >= 11 is 1.53. The van der Waals surface area contributed by atoms with Crippen LogP contribution in [0.1, 0.15) is 41.2 Å². The average molecular weight is 374 g/mol. The van der Waals surface area contributed by atoms with Crippen LogP contribution in [0.15, 0.2) is 35.4 Å². The Hall–Kier alpha value is -2.09. The number of rotatable bonds is 5. The highest BCUT2D eigenvalue weighted by molar-refractivity contribution is 7.99. The van der Waals surface area contributed by atoms with Crippen LogP contribution >= 0.6 is 11.8 Å². The second-order valence-corrected chi connectivity index (χ2v) is 7.26. The van der Waals surface area contributed by atoms with Crippen molar-refractivity contribution in [2.75, 3.05) is 24.3 Å². The first kappa shape index (κ1) is 18.7. The summed E-state index contributed by atoms with van der Waals surface area (Å²) in [5.41, 5.74) is 2.43. The van der Waals surface area contributed by atoms with Crippen LogP contribution in [-0.4, -0.2) is 35.0 Å². The van der Waals surface area contributed by atoms with Crippen LogP contribution in [0.3, 0.4) is 0 Å². The van der Waals surface area contributed by atoms with Gasteiger partial charge in [0.1, 0.15) is 11.4 Å². The summed E-state index contributed by atoms with van der Waals surface area (Å²) in [6.45, 7) is 5.20. The van der Waals surface area contributed by atoms with Gasteiger partial charge in [-0.25, -0.2) is 4.98 Å². The van der Waals surface area contributed by atoms with Crippen molar-refractivity contribution >= 4 is 23.4 Å². The number of hydrogen-bond donors (Lipinski definition) is 2. The molecule has 1 fully saturated rings. The molecule has 2 N–H and O–H groups in total. The zero-order valence-electron chi connectivity index (χ0n) is 14.8. The van der Waals surface area contributed by atoms with E-state index in [2.05, 4.69) is 10.3 Å². The number of thioether (sulfide) groups is 1. The number of anilines is 1. The lowest BCUT2D eigenvalue weighted by Gasteiger charge is -2.23. The lowest BCUT2D eigenvalue weighted by molar-refractivity contribution is -0.183. The summed E-state index contributed by atoms with van der Waals surface area (Å²) in [5, 5.41) is 12.7. The van der Waals surface area contributed by atoms with E-state index in [1.165, 1.54) is 11.8 Å². The number of aromatic nitrogens is 1. The second kappa shape index (κ2) is 8.53. The van der Waals surface area contributed by atoms with Crippen molar-refractivity contribution in [3.8, 4) is 5.75 Å². The number of carbonyl (C=O) groups excluding carboxylic acids is 1. The van der Waals surface area contributed by atoms with Gasteiger partial charge in [0.2, 0.25) is 0 Å². The molecule has 6 nitrogen and oxygen atoms in total. The van der Waals surface area contributed by atoms with Gasteiger partial charge in [0.25, 0.3) is 5.91 Å². The van der Waals surface area contributed by atoms with E-state index >= 15 is 0 Å². The number of amides is 1. The summed E-state index contributed by atoms with van der Waals surface area (Å²) in [6, 6.07) is 6.95. The highest BCUT2D eigenvalue weighted by Crippen LogP contribution is 2.30. The maximum atomic E-state index is 12.7. The number of phenols is 1. The molecule has 3 rings (SSSR count). The van der Waals surface area contributed by atoms with Crippen LogP contribution in [0.25, 0.3) is 0 Å². The maximum Gasteiger partial charge on any atom is 0.275 e. The summed E-state index contributed by atoms with van der Waals surface area (Å²) in [7, 11) is 0. The van der Waals surface area contributed by atoms with Gasteiger partial charge in [-0.1, -0.05) is 13.0 Å². The van der Waals surface area contributed by atoms with Crippen molar-refractivity contribution in [1.29, 1.82) is 0 Å². The molecule has 1 saturated heterocycles. The largest absolute Gasteiger partial charge is 0.506 e. The molecule has 26 heavy (non-hydrogen) atoms. The average Bonchev–Trinajstić information content (AvgIpc) is 2.65. The molecule has 1 aromatic heterocycles. The van der Waals surface area contributed by atoms with E-state index in [1.807, 2.05) is 19.9 Å². The Morgan fingerprint density at radius 2 is 2.12 bits per heavy atom. The molecule has 1 aliphatic rings. The highest BCUT2D eigenvalue weighted by atomic mass is 32.2. The van der Waals surface area contributed by atoms with Gasteiger partial charge in [-0.05, 0) is 42.9 Å². The van der Waals surface area contributed by atoms with Crippen molar-refractivity contribution < 1.29 is 19.4 Å². The number of aryl methyl sites for hydroxylation is 1. The molecule has 0 aliphatic carbocycles. The van der Waals surface area contributed by atoms with E-state index in [0.717, 1.165) is 28.2 Å². The topological polar surface area (TPSA) is 80.7 Å². The standard InChI is InChI=1S/C19H22N2O4S/c1-3-26-16-10-13(19-24-7-4-8-25-19)11-20-17(16)18(23)21-14-9-12(2)5-6-15(14)22/h5-6,9-11,19,22H,3-4,7-8H2,1-2H3,(H,21,23). The van der Waals surface area contributed by atoms with E-state index in [9.17, 15) is 9.90 Å². The van der Waals surface area contributed by atoms with E-state index in [0.29, 0.717) is 24.6 Å². The first-order valence-electron chi connectivity index (χ1n) is 8.55. The zero-order chi connectivity index (χ0) is 18.5. The number of pyridine rings is 1. The Labute approximate surface area is 156 Å². The smallest absolute Gasteiger partial charge is 0.275 e. The summed E-state index contributed by atoms with van der Waals surface area (Å²) in [6.07, 6.45) is 2.05. The van der Waals surface area contributed by atoms with Gasteiger partial charge >= 0.3 is 0 Å². The van der Waals surface area contributed by atoms with Crippen molar-refractivity contribution in [1.82, 2.24) is 4.98 Å². The molecule has 0 unspecified atom stereocenters. The number of carbonyl (C=O) groups is 1. The number of phenolic OH excluding ortho intramolecular Hbond substituents is 1. The van der Waals surface area contributed by atoms with E-state index in [1.54, 1.807) is 24.4 Å². The second-order valence-electron chi connectivity index (χ2n) is 5.95. The third-order valence-electron chi connectivity index (χ3n) is 3.89. The van der Waals surface area contributed by atoms with Gasteiger partial charge in [0.15, 0.2) is 6.29 Å². The van der Waals surface area contributed by atoms with Crippen LogP contribution < -0.4 is 5.32 Å². The molecule has 0 spiro atoms. The molecule has 1 aliphatic heterocycles. The highest BCUT2D eigenvalue weighted by Gasteiger charge is 2.21. The molecule has 0 atom stereocenters. The minimum Gasteiger partial charge on any atom is -0.506 e. The number of nitrogens with one attached hydrogen (secondary N) is 1. The summed E-state index contributed by atoms with van der Waals surface area (Å²) in [5.74, 6) is 0.459. The molecule has 0 saturated carbocycles. The van der Waals surface area contributed by atoms with Crippen molar-refractivity contribution in [3.63, 3.8) is 0 Å². The van der Waals surface area contributed by atoms with Gasteiger partial charge in [0.05, 0.1) is 18.9 Å². The van der Waals surface area contributed by atoms with E-state index < -0.39 is 6.29 Å². The van der Waals surface area contributed by atoms with Crippen LogP contribution in [-0.2, 0) is 9.47 Å². The predicted molar refractivity (Wildman–Crippen MR) is 101 cm³/mol. The van der Waals surface area contributed by atoms with Crippen molar-refractivity contribution in [2.45, 2.75) is 31.5 Å². The quantitative estimate of drug-likeness (QED) is 0.610. The van der Waals surface area contributed by atoms with E-state index in [4.69, 9.17) is 9.47 Å². The van der Waals surface area contributed by atoms with E-state index in [-0.39, 0.29) is 11.7 Å². The normalized spacial score (nSPS) is 15.0. The number of ether oxygens (including phenoxy) is 2. The van der Waals surface area contributed by atoms with Gasteiger partial charge in [-0.2, -0.15) is 0 Å². The summed E-state index contributed by atoms with van der Waals surface area (Å²) < 4.78 is 11.2. The number of nitrogens with zero attached hydrogens (tertiary/aromatic N) is 1. The third kappa shape index (κ3) is 4.35. The van der Waals surface area contributed by atoms with Crippen molar-refractivity contribution in [2.24, 2.45) is 0 Å². The Morgan fingerprint density at radius 1 is 1.35 bits per heavy atom. The first-order valence-corrected chi connectivity index (χ1v) is 9.54. The lowest BCUT2D eigenvalue weighted by Crippen LogP contribution is -2.19. The molecule has 1 aromatic carbocycles. The van der Waals surface area contributed by atoms with Crippen LogP contribution in [0.2, 0.25) is 0 Å². The first-order chi connectivity index (χ1) is 12.6. The third-order valence-corrected chi connectivity index (χ3v) is 4.80. The fourth-order valence-corrected chi connectivity index (χ4v) is 3.45. The van der Waals surface area contributed by atoms with Crippen LogP contribution in [0, 0.1) is 6.92 Å². The monoisotopic (exact) mass is 374 g/mol. The Morgan fingerprint density at radius 3 is 2.85 bits per heavy atom. The van der Waals surface area contributed by atoms with Crippen LogP contribution in [0.4, 0.5) is 5.69 Å².